The predicted molar refractivity (Wildman–Crippen MR) is 77.8 cm³/mol. The van der Waals surface area contributed by atoms with Gasteiger partial charge in [-0.2, -0.15) is 0 Å². The number of aromatic hydroxyl groups is 1. The topological polar surface area (TPSA) is 88.5 Å². The summed E-state index contributed by atoms with van der Waals surface area (Å²) in [7, 11) is 0. The summed E-state index contributed by atoms with van der Waals surface area (Å²) in [4.78, 5) is 28.0. The Hall–Kier alpha value is -2.11. The molecule has 116 valence electrons. The number of carbonyl (C=O) groups excluding carboxylic acids is 2. The van der Waals surface area contributed by atoms with Crippen molar-refractivity contribution >= 4 is 11.9 Å². The van der Waals surface area contributed by atoms with E-state index in [0.717, 1.165) is 0 Å². The standard InChI is InChI=1S/C15H22N2O4/c1-9(2)12(14(20)21-15(3,4)5)17-13(19)10-6-7-16-8-11(10)18/h6-9,12,18H,1-5H3,(H,17,19)/t12-/m1/s1. The molecular weight excluding hydrogens is 272 g/mol. The van der Waals surface area contributed by atoms with Crippen LogP contribution in [0.25, 0.3) is 0 Å². The number of hydrogen-bond donors (Lipinski definition) is 2. The third-order valence-corrected chi connectivity index (χ3v) is 2.66. The summed E-state index contributed by atoms with van der Waals surface area (Å²) >= 11 is 0. The summed E-state index contributed by atoms with van der Waals surface area (Å²) in [5, 5.41) is 12.2. The molecule has 1 aromatic rings. The first-order valence-electron chi connectivity index (χ1n) is 6.78. The Bertz CT molecular complexity index is 521. The average Bonchev–Trinajstić information content (AvgIpc) is 2.33. The molecule has 6 nitrogen and oxygen atoms in total. The molecule has 2 N–H and O–H groups in total. The van der Waals surface area contributed by atoms with Gasteiger partial charge in [-0.05, 0) is 32.8 Å². The van der Waals surface area contributed by atoms with Gasteiger partial charge in [0.05, 0.1) is 11.8 Å². The van der Waals surface area contributed by atoms with Crippen LogP contribution in [0.1, 0.15) is 45.0 Å². The van der Waals surface area contributed by atoms with Crippen LogP contribution < -0.4 is 5.32 Å². The minimum absolute atomic E-state index is 0.0687. The molecule has 1 aromatic heterocycles. The fourth-order valence-corrected chi connectivity index (χ4v) is 1.66. The lowest BCUT2D eigenvalue weighted by molar-refractivity contribution is -0.158. The number of aromatic nitrogens is 1. The van der Waals surface area contributed by atoms with Gasteiger partial charge in [-0.1, -0.05) is 13.8 Å². The highest BCUT2D eigenvalue weighted by molar-refractivity contribution is 5.98. The molecule has 6 heteroatoms. The minimum Gasteiger partial charge on any atom is -0.505 e. The second kappa shape index (κ2) is 6.56. The fourth-order valence-electron chi connectivity index (χ4n) is 1.66. The normalized spacial score (nSPS) is 12.9. The molecule has 1 heterocycles. The number of nitrogens with zero attached hydrogens (tertiary/aromatic N) is 1. The number of ether oxygens (including phenoxy) is 1. The van der Waals surface area contributed by atoms with Crippen LogP contribution in [0.3, 0.4) is 0 Å². The summed E-state index contributed by atoms with van der Waals surface area (Å²) < 4.78 is 5.30. The molecule has 1 atom stereocenters. The maximum atomic E-state index is 12.1. The average molecular weight is 294 g/mol. The van der Waals surface area contributed by atoms with Crippen molar-refractivity contribution in [2.75, 3.05) is 0 Å². The predicted octanol–water partition coefficient (Wildman–Crippen LogP) is 1.88. The van der Waals surface area contributed by atoms with E-state index in [1.54, 1.807) is 34.6 Å². The molecule has 0 spiro atoms. The van der Waals surface area contributed by atoms with Gasteiger partial charge in [0.25, 0.3) is 5.91 Å². The highest BCUT2D eigenvalue weighted by atomic mass is 16.6. The van der Waals surface area contributed by atoms with E-state index in [0.29, 0.717) is 0 Å². The van der Waals surface area contributed by atoms with Crippen molar-refractivity contribution in [3.05, 3.63) is 24.0 Å². The molecule has 0 aliphatic carbocycles. The summed E-state index contributed by atoms with van der Waals surface area (Å²) in [6.45, 7) is 8.90. The lowest BCUT2D eigenvalue weighted by atomic mass is 10.0. The Labute approximate surface area is 124 Å². The van der Waals surface area contributed by atoms with Crippen LogP contribution in [-0.4, -0.2) is 33.6 Å². The van der Waals surface area contributed by atoms with Crippen molar-refractivity contribution < 1.29 is 19.4 Å². The van der Waals surface area contributed by atoms with E-state index in [9.17, 15) is 14.7 Å². The van der Waals surface area contributed by atoms with Gasteiger partial charge in [0.1, 0.15) is 17.4 Å². The van der Waals surface area contributed by atoms with E-state index >= 15 is 0 Å². The monoisotopic (exact) mass is 294 g/mol. The first kappa shape index (κ1) is 16.9. The summed E-state index contributed by atoms with van der Waals surface area (Å²) in [6.07, 6.45) is 2.57. The quantitative estimate of drug-likeness (QED) is 0.828. The van der Waals surface area contributed by atoms with E-state index in [4.69, 9.17) is 4.74 Å². The van der Waals surface area contributed by atoms with E-state index in [-0.39, 0.29) is 17.2 Å². The summed E-state index contributed by atoms with van der Waals surface area (Å²) in [5.74, 6) is -1.42. The van der Waals surface area contributed by atoms with Gasteiger partial charge in [-0.25, -0.2) is 4.79 Å². The first-order valence-corrected chi connectivity index (χ1v) is 6.78. The van der Waals surface area contributed by atoms with Crippen LogP contribution in [0.5, 0.6) is 5.75 Å². The number of amides is 1. The highest BCUT2D eigenvalue weighted by Crippen LogP contribution is 2.16. The largest absolute Gasteiger partial charge is 0.505 e. The Morgan fingerprint density at radius 3 is 2.43 bits per heavy atom. The second-order valence-electron chi connectivity index (χ2n) is 6.12. The van der Waals surface area contributed by atoms with Crippen LogP contribution in [0.15, 0.2) is 18.5 Å². The van der Waals surface area contributed by atoms with Crippen molar-refractivity contribution in [3.8, 4) is 5.75 Å². The number of pyridine rings is 1. The summed E-state index contributed by atoms with van der Waals surface area (Å²) in [6, 6.07) is 0.598. The van der Waals surface area contributed by atoms with Gasteiger partial charge in [0, 0.05) is 6.20 Å². The number of esters is 1. The Morgan fingerprint density at radius 1 is 1.33 bits per heavy atom. The van der Waals surface area contributed by atoms with Gasteiger partial charge in [0.15, 0.2) is 0 Å². The van der Waals surface area contributed by atoms with Crippen molar-refractivity contribution in [2.45, 2.75) is 46.3 Å². The molecule has 0 aliphatic rings. The van der Waals surface area contributed by atoms with Crippen LogP contribution in [0.4, 0.5) is 0 Å². The number of carbonyl (C=O) groups is 2. The molecule has 0 aliphatic heterocycles. The van der Waals surface area contributed by atoms with E-state index < -0.39 is 23.5 Å². The molecule has 0 saturated carbocycles. The maximum absolute atomic E-state index is 12.1. The van der Waals surface area contributed by atoms with E-state index in [1.807, 2.05) is 0 Å². The number of hydrogen-bond acceptors (Lipinski definition) is 5. The van der Waals surface area contributed by atoms with Gasteiger partial charge < -0.3 is 15.2 Å². The lowest BCUT2D eigenvalue weighted by Crippen LogP contribution is -2.47. The molecule has 0 unspecified atom stereocenters. The molecule has 1 amide bonds. The SMILES string of the molecule is CC(C)[C@@H](NC(=O)c1ccncc1O)C(=O)OC(C)(C)C. The van der Waals surface area contributed by atoms with Gasteiger partial charge >= 0.3 is 5.97 Å². The molecule has 21 heavy (non-hydrogen) atoms. The second-order valence-corrected chi connectivity index (χ2v) is 6.12. The van der Waals surface area contributed by atoms with Crippen molar-refractivity contribution in [1.29, 1.82) is 0 Å². The zero-order valence-corrected chi connectivity index (χ0v) is 13.0. The van der Waals surface area contributed by atoms with Crippen LogP contribution in [0.2, 0.25) is 0 Å². The third-order valence-electron chi connectivity index (χ3n) is 2.66. The lowest BCUT2D eigenvalue weighted by Gasteiger charge is -2.26. The van der Waals surface area contributed by atoms with Crippen LogP contribution >= 0.6 is 0 Å². The number of rotatable bonds is 4. The van der Waals surface area contributed by atoms with Gasteiger partial charge in [0.2, 0.25) is 0 Å². The number of nitrogens with one attached hydrogen (secondary N) is 1. The van der Waals surface area contributed by atoms with Crippen molar-refractivity contribution in [2.24, 2.45) is 5.92 Å². The molecule has 0 bridgehead atoms. The Kier molecular flexibility index (Phi) is 5.29. The first-order chi connectivity index (χ1) is 9.61. The van der Waals surface area contributed by atoms with Gasteiger partial charge in [-0.15, -0.1) is 0 Å². The smallest absolute Gasteiger partial charge is 0.329 e. The molecule has 0 saturated heterocycles. The molecule has 0 radical (unpaired) electrons. The van der Waals surface area contributed by atoms with Crippen molar-refractivity contribution in [3.63, 3.8) is 0 Å². The molecule has 0 fully saturated rings. The fraction of sp³-hybridized carbons (Fsp3) is 0.533. The molecule has 0 aromatic carbocycles. The molecule has 1 rings (SSSR count). The van der Waals surface area contributed by atoms with E-state index in [1.165, 1.54) is 18.5 Å². The van der Waals surface area contributed by atoms with Crippen LogP contribution in [-0.2, 0) is 9.53 Å². The highest BCUT2D eigenvalue weighted by Gasteiger charge is 2.29. The van der Waals surface area contributed by atoms with Crippen LogP contribution in [0, 0.1) is 5.92 Å². The zero-order valence-electron chi connectivity index (χ0n) is 13.0. The zero-order chi connectivity index (χ0) is 16.2. The Balaban J connectivity index is 2.87. The maximum Gasteiger partial charge on any atom is 0.329 e. The van der Waals surface area contributed by atoms with Crippen molar-refractivity contribution in [1.82, 2.24) is 10.3 Å². The molecular formula is C15H22N2O4. The van der Waals surface area contributed by atoms with Gasteiger partial charge in [-0.3, -0.25) is 9.78 Å². The third kappa shape index (κ3) is 5.06. The minimum atomic E-state index is -0.788. The Morgan fingerprint density at radius 2 is 1.95 bits per heavy atom. The summed E-state index contributed by atoms with van der Waals surface area (Å²) in [5.41, 5.74) is -0.562. The van der Waals surface area contributed by atoms with E-state index in [2.05, 4.69) is 10.3 Å².